The molecule has 0 bridgehead atoms. The van der Waals surface area contributed by atoms with Gasteiger partial charge in [0.15, 0.2) is 6.29 Å². The lowest BCUT2D eigenvalue weighted by molar-refractivity contribution is 0.112. The summed E-state index contributed by atoms with van der Waals surface area (Å²) in [4.78, 5) is 14.3. The summed E-state index contributed by atoms with van der Waals surface area (Å²) >= 11 is 1.80. The van der Waals surface area contributed by atoms with Crippen LogP contribution in [0.3, 0.4) is 0 Å². The van der Waals surface area contributed by atoms with Crippen LogP contribution in [0.4, 0.5) is 17.1 Å². The Hall–Kier alpha value is -4.21. The lowest BCUT2D eigenvalue weighted by Crippen LogP contribution is -2.10. The molecule has 0 spiro atoms. The molecule has 0 saturated carbocycles. The number of para-hydroxylation sites is 2. The summed E-state index contributed by atoms with van der Waals surface area (Å²) in [6.45, 7) is 0. The number of carbonyl (C=O) groups is 1. The molecule has 1 heterocycles. The summed E-state index contributed by atoms with van der Waals surface area (Å²) in [6.07, 6.45) is 0.949. The average molecular weight is 456 g/mol. The van der Waals surface area contributed by atoms with E-state index in [0.29, 0.717) is 5.56 Å². The number of anilines is 3. The van der Waals surface area contributed by atoms with E-state index in [1.165, 1.54) is 20.2 Å². The van der Waals surface area contributed by atoms with Gasteiger partial charge in [-0.2, -0.15) is 0 Å². The number of carbonyl (C=O) groups excluding carboxylic acids is 1. The van der Waals surface area contributed by atoms with Crippen LogP contribution in [0.2, 0.25) is 0 Å². The second kappa shape index (κ2) is 8.62. The minimum Gasteiger partial charge on any atom is -0.310 e. The van der Waals surface area contributed by atoms with E-state index in [4.69, 9.17) is 0 Å². The molecule has 2 nitrogen and oxygen atoms in total. The molecule has 0 aliphatic heterocycles. The van der Waals surface area contributed by atoms with Crippen LogP contribution in [0.1, 0.15) is 10.4 Å². The van der Waals surface area contributed by atoms with Crippen LogP contribution < -0.4 is 4.90 Å². The zero-order valence-corrected chi connectivity index (χ0v) is 19.2. The average Bonchev–Trinajstić information content (AvgIpc) is 3.28. The highest BCUT2D eigenvalue weighted by molar-refractivity contribution is 7.25. The normalized spacial score (nSPS) is 11.1. The second-order valence-electron chi connectivity index (χ2n) is 8.21. The molecule has 0 fully saturated rings. The zero-order chi connectivity index (χ0) is 22.9. The van der Waals surface area contributed by atoms with Crippen molar-refractivity contribution in [2.75, 3.05) is 4.90 Å². The molecular weight excluding hydrogens is 434 g/mol. The Kier molecular flexibility index (Phi) is 5.17. The van der Waals surface area contributed by atoms with Gasteiger partial charge in [-0.05, 0) is 71.8 Å². The summed E-state index contributed by atoms with van der Waals surface area (Å²) in [5.41, 5.74) is 5.80. The predicted molar refractivity (Wildman–Crippen MR) is 145 cm³/mol. The molecule has 0 N–H and O–H groups in total. The van der Waals surface area contributed by atoms with Crippen molar-refractivity contribution in [3.8, 4) is 11.1 Å². The Bertz CT molecular complexity index is 1580. The third-order valence-electron chi connectivity index (χ3n) is 6.14. The van der Waals surface area contributed by atoms with Gasteiger partial charge in [0.1, 0.15) is 0 Å². The number of hydrogen-bond acceptors (Lipinski definition) is 3. The number of nitrogens with zero attached hydrogens (tertiary/aromatic N) is 1. The van der Waals surface area contributed by atoms with Gasteiger partial charge in [0, 0.05) is 42.8 Å². The molecule has 0 atom stereocenters. The number of hydrogen-bond donors (Lipinski definition) is 0. The molecule has 5 aromatic carbocycles. The Morgan fingerprint density at radius 1 is 0.559 bits per heavy atom. The first-order valence-corrected chi connectivity index (χ1v) is 12.0. The molecule has 34 heavy (non-hydrogen) atoms. The summed E-state index contributed by atoms with van der Waals surface area (Å²) in [7, 11) is 0. The topological polar surface area (TPSA) is 20.3 Å². The van der Waals surface area contributed by atoms with Crippen molar-refractivity contribution in [2.45, 2.75) is 0 Å². The van der Waals surface area contributed by atoms with Gasteiger partial charge in [0.2, 0.25) is 0 Å². The van der Waals surface area contributed by atoms with Crippen molar-refractivity contribution in [1.82, 2.24) is 0 Å². The molecule has 3 heteroatoms. The lowest BCUT2D eigenvalue weighted by Gasteiger charge is -2.26. The summed E-state index contributed by atoms with van der Waals surface area (Å²) in [5.74, 6) is 0. The van der Waals surface area contributed by atoms with E-state index < -0.39 is 0 Å². The highest BCUT2D eigenvalue weighted by atomic mass is 32.1. The van der Waals surface area contributed by atoms with Gasteiger partial charge >= 0.3 is 0 Å². The fourth-order valence-electron chi connectivity index (χ4n) is 4.53. The fraction of sp³-hybridized carbons (Fsp3) is 0. The van der Waals surface area contributed by atoms with E-state index in [1.54, 1.807) is 11.3 Å². The molecule has 0 aliphatic carbocycles. The lowest BCUT2D eigenvalue weighted by atomic mass is 9.97. The third kappa shape index (κ3) is 3.57. The van der Waals surface area contributed by atoms with Gasteiger partial charge in [-0.1, -0.05) is 60.7 Å². The molecule has 0 saturated heterocycles. The van der Waals surface area contributed by atoms with E-state index in [0.717, 1.165) is 34.5 Å². The first-order valence-electron chi connectivity index (χ1n) is 11.2. The van der Waals surface area contributed by atoms with E-state index in [9.17, 15) is 4.79 Å². The van der Waals surface area contributed by atoms with Crippen molar-refractivity contribution in [1.29, 1.82) is 0 Å². The number of aldehydes is 1. The van der Waals surface area contributed by atoms with E-state index in [1.807, 2.05) is 48.5 Å². The van der Waals surface area contributed by atoms with E-state index in [2.05, 4.69) is 77.7 Å². The molecule has 0 unspecified atom stereocenters. The quantitative estimate of drug-likeness (QED) is 0.242. The van der Waals surface area contributed by atoms with Crippen LogP contribution in [0.5, 0.6) is 0 Å². The minimum absolute atomic E-state index is 0.684. The standard InChI is InChI=1S/C31H21NOS/c33-21-23-15-17-26(32(24-9-3-1-4-10-24)25-11-5-2-6-12-25)20-28(23)22-16-18-31-29(19-22)27-13-7-8-14-30(27)34-31/h1-21H. The van der Waals surface area contributed by atoms with Crippen LogP contribution in [0.25, 0.3) is 31.3 Å². The summed E-state index contributed by atoms with van der Waals surface area (Å²) < 4.78 is 2.53. The van der Waals surface area contributed by atoms with Crippen molar-refractivity contribution >= 4 is 54.9 Å². The smallest absolute Gasteiger partial charge is 0.150 e. The van der Waals surface area contributed by atoms with Crippen LogP contribution in [0.15, 0.2) is 121 Å². The van der Waals surface area contributed by atoms with Gasteiger partial charge in [0.25, 0.3) is 0 Å². The maximum atomic E-state index is 12.0. The predicted octanol–water partition coefficient (Wildman–Crippen LogP) is 9.00. The van der Waals surface area contributed by atoms with Gasteiger partial charge in [-0.3, -0.25) is 4.79 Å². The minimum atomic E-state index is 0.684. The first-order chi connectivity index (χ1) is 16.8. The Morgan fingerprint density at radius 3 is 1.91 bits per heavy atom. The van der Waals surface area contributed by atoms with E-state index in [-0.39, 0.29) is 0 Å². The number of benzene rings is 5. The summed E-state index contributed by atoms with van der Waals surface area (Å²) in [5, 5.41) is 2.48. The van der Waals surface area contributed by atoms with Crippen molar-refractivity contribution in [3.05, 3.63) is 127 Å². The van der Waals surface area contributed by atoms with Crippen LogP contribution in [0, 0.1) is 0 Å². The molecule has 6 rings (SSSR count). The highest BCUT2D eigenvalue weighted by Gasteiger charge is 2.15. The van der Waals surface area contributed by atoms with Gasteiger partial charge in [-0.25, -0.2) is 0 Å². The maximum absolute atomic E-state index is 12.0. The molecule has 0 amide bonds. The molecule has 1 aromatic heterocycles. The molecule has 6 aromatic rings. The number of rotatable bonds is 5. The van der Waals surface area contributed by atoms with Gasteiger partial charge in [-0.15, -0.1) is 11.3 Å². The molecule has 0 radical (unpaired) electrons. The van der Waals surface area contributed by atoms with Gasteiger partial charge in [0.05, 0.1) is 0 Å². The fourth-order valence-corrected chi connectivity index (χ4v) is 5.62. The number of thiophene rings is 1. The number of fused-ring (bicyclic) bond motifs is 3. The second-order valence-corrected chi connectivity index (χ2v) is 9.29. The Balaban J connectivity index is 1.55. The summed E-state index contributed by atoms with van der Waals surface area (Å²) in [6, 6.07) is 41.7. The van der Waals surface area contributed by atoms with Crippen molar-refractivity contribution < 1.29 is 4.79 Å². The molecular formula is C31H21NOS. The molecule has 0 aliphatic rings. The maximum Gasteiger partial charge on any atom is 0.150 e. The van der Waals surface area contributed by atoms with Crippen LogP contribution in [-0.2, 0) is 0 Å². The Morgan fingerprint density at radius 2 is 1.21 bits per heavy atom. The van der Waals surface area contributed by atoms with Crippen LogP contribution in [-0.4, -0.2) is 6.29 Å². The first kappa shape index (κ1) is 20.4. The monoisotopic (exact) mass is 455 g/mol. The molecule has 162 valence electrons. The largest absolute Gasteiger partial charge is 0.310 e. The van der Waals surface area contributed by atoms with Gasteiger partial charge < -0.3 is 4.90 Å². The Labute approximate surface area is 202 Å². The van der Waals surface area contributed by atoms with Crippen molar-refractivity contribution in [3.63, 3.8) is 0 Å². The van der Waals surface area contributed by atoms with E-state index >= 15 is 0 Å². The highest BCUT2D eigenvalue weighted by Crippen LogP contribution is 2.40. The SMILES string of the molecule is O=Cc1ccc(N(c2ccccc2)c2ccccc2)cc1-c1ccc2sc3ccccc3c2c1. The van der Waals surface area contributed by atoms with Crippen LogP contribution >= 0.6 is 11.3 Å². The van der Waals surface area contributed by atoms with Crippen molar-refractivity contribution in [2.24, 2.45) is 0 Å². The third-order valence-corrected chi connectivity index (χ3v) is 7.29. The zero-order valence-electron chi connectivity index (χ0n) is 18.4.